The number of fused-ring (bicyclic) bond motifs is 1. The molecule has 38 heavy (non-hydrogen) atoms. The molecule has 0 saturated heterocycles. The van der Waals surface area contributed by atoms with Crippen molar-refractivity contribution in [3.63, 3.8) is 0 Å². The topological polar surface area (TPSA) is 78.5 Å². The highest BCUT2D eigenvalue weighted by molar-refractivity contribution is 6.31. The third kappa shape index (κ3) is 4.51. The number of carbonyl (C=O) groups excluding carboxylic acids is 1. The van der Waals surface area contributed by atoms with Crippen LogP contribution in [0, 0.1) is 0 Å². The number of nitrogens with zero attached hydrogens (tertiary/aromatic N) is 2. The van der Waals surface area contributed by atoms with Crippen molar-refractivity contribution in [1.29, 1.82) is 0 Å². The van der Waals surface area contributed by atoms with E-state index in [0.29, 0.717) is 46.4 Å². The maximum atomic E-state index is 13.7. The Bertz CT molecular complexity index is 1600. The summed E-state index contributed by atoms with van der Waals surface area (Å²) in [6.45, 7) is 0.836. The van der Waals surface area contributed by atoms with E-state index < -0.39 is 6.04 Å². The number of halogens is 1. The molecule has 0 aliphatic carbocycles. The number of H-pyrrole nitrogens is 1. The summed E-state index contributed by atoms with van der Waals surface area (Å²) < 4.78 is 6.11. The van der Waals surface area contributed by atoms with Crippen molar-refractivity contribution >= 4 is 17.5 Å². The van der Waals surface area contributed by atoms with Crippen LogP contribution < -0.4 is 4.74 Å². The van der Waals surface area contributed by atoms with E-state index in [1.807, 2.05) is 89.8 Å². The zero-order valence-corrected chi connectivity index (χ0v) is 21.1. The number of rotatable bonds is 7. The first kappa shape index (κ1) is 23.8. The van der Waals surface area contributed by atoms with Gasteiger partial charge < -0.3 is 14.7 Å². The maximum Gasteiger partial charge on any atom is 0.273 e. The summed E-state index contributed by atoms with van der Waals surface area (Å²) in [6.07, 6.45) is 0. The van der Waals surface area contributed by atoms with E-state index in [-0.39, 0.29) is 11.7 Å². The van der Waals surface area contributed by atoms with Gasteiger partial charge in [-0.2, -0.15) is 5.10 Å². The van der Waals surface area contributed by atoms with E-state index in [2.05, 4.69) is 10.2 Å². The van der Waals surface area contributed by atoms with Crippen LogP contribution in [0.25, 0.3) is 11.3 Å². The summed E-state index contributed by atoms with van der Waals surface area (Å²) in [7, 11) is 0. The Morgan fingerprint density at radius 2 is 1.63 bits per heavy atom. The van der Waals surface area contributed by atoms with Crippen LogP contribution in [0.2, 0.25) is 5.02 Å². The zero-order valence-electron chi connectivity index (χ0n) is 20.3. The number of carbonyl (C=O) groups is 1. The molecule has 1 aromatic heterocycles. The molecule has 0 spiro atoms. The second-order valence-electron chi connectivity index (χ2n) is 9.19. The number of aromatic nitrogens is 2. The van der Waals surface area contributed by atoms with Gasteiger partial charge in [0.15, 0.2) is 0 Å². The summed E-state index contributed by atoms with van der Waals surface area (Å²) in [5, 5.41) is 18.5. The largest absolute Gasteiger partial charge is 0.507 e. The number of aromatic amines is 1. The SMILES string of the molecule is O=C1c2[nH]nc(-c3cc(Cl)ccc3O)c2C(c2cccc(OCc3ccccc3)c2)N1Cc1ccccc1. The van der Waals surface area contributed by atoms with Crippen LogP contribution in [0.4, 0.5) is 0 Å². The average Bonchev–Trinajstić information content (AvgIpc) is 3.49. The van der Waals surface area contributed by atoms with Crippen LogP contribution in [-0.4, -0.2) is 26.1 Å². The van der Waals surface area contributed by atoms with Crippen molar-refractivity contribution in [1.82, 2.24) is 15.1 Å². The lowest BCUT2D eigenvalue weighted by Crippen LogP contribution is -2.29. The van der Waals surface area contributed by atoms with Crippen molar-refractivity contribution in [2.75, 3.05) is 0 Å². The van der Waals surface area contributed by atoms with Crippen LogP contribution in [0.15, 0.2) is 103 Å². The van der Waals surface area contributed by atoms with E-state index in [1.54, 1.807) is 12.1 Å². The highest BCUT2D eigenvalue weighted by Crippen LogP contribution is 2.46. The summed E-state index contributed by atoms with van der Waals surface area (Å²) in [5.74, 6) is 0.573. The molecule has 5 aromatic rings. The Labute approximate surface area is 225 Å². The number of phenolic OH excluding ortho intramolecular Hbond substituents is 1. The second kappa shape index (κ2) is 10.1. The quantitative estimate of drug-likeness (QED) is 0.248. The molecule has 2 heterocycles. The molecular formula is C31H24ClN3O3. The smallest absolute Gasteiger partial charge is 0.273 e. The van der Waals surface area contributed by atoms with Gasteiger partial charge in [0.2, 0.25) is 0 Å². The van der Waals surface area contributed by atoms with Crippen LogP contribution in [0.3, 0.4) is 0 Å². The standard InChI is InChI=1S/C31H24ClN3O3/c32-23-14-15-26(36)25(17-23)28-27-29(34-33-28)31(37)35(18-20-8-3-1-4-9-20)30(27)22-12-7-13-24(16-22)38-19-21-10-5-2-6-11-21/h1-17,30,36H,18-19H2,(H,33,34). The summed E-state index contributed by atoms with van der Waals surface area (Å²) in [6, 6.07) is 32.0. The highest BCUT2D eigenvalue weighted by Gasteiger charge is 2.42. The van der Waals surface area contributed by atoms with Crippen molar-refractivity contribution < 1.29 is 14.6 Å². The number of amides is 1. The molecule has 1 amide bonds. The van der Waals surface area contributed by atoms with Crippen molar-refractivity contribution in [2.45, 2.75) is 19.2 Å². The predicted molar refractivity (Wildman–Crippen MR) is 146 cm³/mol. The van der Waals surface area contributed by atoms with Gasteiger partial charge in [-0.3, -0.25) is 9.89 Å². The molecular weight excluding hydrogens is 498 g/mol. The fourth-order valence-corrected chi connectivity index (χ4v) is 5.08. The minimum Gasteiger partial charge on any atom is -0.507 e. The Hall–Kier alpha value is -4.55. The molecule has 1 unspecified atom stereocenters. The molecule has 188 valence electrons. The van der Waals surface area contributed by atoms with Crippen LogP contribution in [0.1, 0.15) is 38.8 Å². The molecule has 1 aliphatic heterocycles. The minimum absolute atomic E-state index is 0.0383. The monoisotopic (exact) mass is 521 g/mol. The third-order valence-electron chi connectivity index (χ3n) is 6.70. The Balaban J connectivity index is 1.43. The van der Waals surface area contributed by atoms with Crippen LogP contribution in [0.5, 0.6) is 11.5 Å². The fraction of sp³-hybridized carbons (Fsp3) is 0.0968. The molecule has 0 radical (unpaired) electrons. The van der Waals surface area contributed by atoms with Gasteiger partial charge in [0.25, 0.3) is 5.91 Å². The zero-order chi connectivity index (χ0) is 26.1. The Morgan fingerprint density at radius 3 is 2.39 bits per heavy atom. The summed E-state index contributed by atoms with van der Waals surface area (Å²) >= 11 is 6.27. The number of benzene rings is 4. The first-order valence-corrected chi connectivity index (χ1v) is 12.6. The van der Waals surface area contributed by atoms with Gasteiger partial charge in [0, 0.05) is 22.7 Å². The summed E-state index contributed by atoms with van der Waals surface area (Å²) in [5.41, 5.74) is 5.00. The maximum absolute atomic E-state index is 13.7. The van der Waals surface area contributed by atoms with Crippen LogP contribution >= 0.6 is 11.6 Å². The second-order valence-corrected chi connectivity index (χ2v) is 9.63. The normalized spacial score (nSPS) is 14.5. The van der Waals surface area contributed by atoms with Gasteiger partial charge in [-0.1, -0.05) is 84.4 Å². The van der Waals surface area contributed by atoms with Gasteiger partial charge in [-0.15, -0.1) is 0 Å². The van der Waals surface area contributed by atoms with E-state index in [1.165, 1.54) is 6.07 Å². The number of nitrogens with one attached hydrogen (secondary N) is 1. The van der Waals surface area contributed by atoms with E-state index >= 15 is 0 Å². The highest BCUT2D eigenvalue weighted by atomic mass is 35.5. The Morgan fingerprint density at radius 1 is 0.895 bits per heavy atom. The van der Waals surface area contributed by atoms with Crippen molar-refractivity contribution in [3.8, 4) is 22.8 Å². The van der Waals surface area contributed by atoms with Crippen molar-refractivity contribution in [2.24, 2.45) is 0 Å². The van der Waals surface area contributed by atoms with Gasteiger partial charge in [-0.25, -0.2) is 0 Å². The summed E-state index contributed by atoms with van der Waals surface area (Å²) in [4.78, 5) is 15.5. The molecule has 4 aromatic carbocycles. The minimum atomic E-state index is -0.454. The molecule has 0 saturated carbocycles. The van der Waals surface area contributed by atoms with E-state index in [9.17, 15) is 9.90 Å². The molecule has 1 atom stereocenters. The lowest BCUT2D eigenvalue weighted by atomic mass is 9.95. The van der Waals surface area contributed by atoms with Crippen molar-refractivity contribution in [3.05, 3.63) is 136 Å². The molecule has 6 rings (SSSR count). The molecule has 7 heteroatoms. The molecule has 0 bridgehead atoms. The van der Waals surface area contributed by atoms with Gasteiger partial charge in [-0.05, 0) is 47.0 Å². The first-order valence-electron chi connectivity index (χ1n) is 12.3. The molecule has 0 fully saturated rings. The first-order chi connectivity index (χ1) is 18.6. The molecule has 2 N–H and O–H groups in total. The Kier molecular flexibility index (Phi) is 6.32. The fourth-order valence-electron chi connectivity index (χ4n) is 4.90. The lowest BCUT2D eigenvalue weighted by molar-refractivity contribution is 0.0730. The number of aromatic hydroxyl groups is 1. The number of hydrogen-bond acceptors (Lipinski definition) is 4. The average molecular weight is 522 g/mol. The number of hydrogen-bond donors (Lipinski definition) is 2. The van der Waals surface area contributed by atoms with E-state index in [4.69, 9.17) is 16.3 Å². The van der Waals surface area contributed by atoms with Gasteiger partial charge in [0.1, 0.15) is 29.5 Å². The van der Waals surface area contributed by atoms with Crippen LogP contribution in [-0.2, 0) is 13.2 Å². The van der Waals surface area contributed by atoms with Gasteiger partial charge in [0.05, 0.1) is 6.04 Å². The van der Waals surface area contributed by atoms with Gasteiger partial charge >= 0.3 is 0 Å². The third-order valence-corrected chi connectivity index (χ3v) is 6.93. The molecule has 1 aliphatic rings. The number of ether oxygens (including phenoxy) is 1. The lowest BCUT2D eigenvalue weighted by Gasteiger charge is -2.27. The van der Waals surface area contributed by atoms with E-state index in [0.717, 1.165) is 16.7 Å². The molecule has 6 nitrogen and oxygen atoms in total. The number of phenols is 1. The predicted octanol–water partition coefficient (Wildman–Crippen LogP) is 6.76.